The van der Waals surface area contributed by atoms with Gasteiger partial charge in [0.25, 0.3) is 0 Å². The molecule has 1 saturated heterocycles. The van der Waals surface area contributed by atoms with E-state index in [-0.39, 0.29) is 17.3 Å². The van der Waals surface area contributed by atoms with E-state index in [0.717, 1.165) is 64.0 Å². The van der Waals surface area contributed by atoms with Gasteiger partial charge in [0.1, 0.15) is 17.5 Å². The van der Waals surface area contributed by atoms with E-state index in [1.54, 1.807) is 12.1 Å². The fourth-order valence-corrected chi connectivity index (χ4v) is 5.78. The summed E-state index contributed by atoms with van der Waals surface area (Å²) in [7, 11) is 1.83. The van der Waals surface area contributed by atoms with Crippen molar-refractivity contribution in [3.05, 3.63) is 71.2 Å². The summed E-state index contributed by atoms with van der Waals surface area (Å²) in [5, 5.41) is 7.85. The molecule has 3 aliphatic rings. The third-order valence-corrected chi connectivity index (χ3v) is 7.77. The highest BCUT2D eigenvalue weighted by Gasteiger charge is 2.54. The quantitative estimate of drug-likeness (QED) is 0.432. The van der Waals surface area contributed by atoms with Crippen molar-refractivity contribution in [2.75, 3.05) is 30.4 Å². The molecule has 1 aromatic carbocycles. The van der Waals surface area contributed by atoms with Crippen molar-refractivity contribution in [1.82, 2.24) is 19.6 Å². The van der Waals surface area contributed by atoms with Gasteiger partial charge in [0, 0.05) is 55.5 Å². The number of benzene rings is 1. The minimum absolute atomic E-state index is 0.140. The zero-order valence-electron chi connectivity index (χ0n) is 19.1. The zero-order valence-corrected chi connectivity index (χ0v) is 19.1. The third-order valence-electron chi connectivity index (χ3n) is 7.77. The van der Waals surface area contributed by atoms with Crippen LogP contribution in [-0.2, 0) is 12.8 Å². The first kappa shape index (κ1) is 19.9. The van der Waals surface area contributed by atoms with Crippen LogP contribution in [0.2, 0.25) is 0 Å². The molecule has 7 rings (SSSR count). The van der Waals surface area contributed by atoms with E-state index in [0.29, 0.717) is 12.8 Å². The van der Waals surface area contributed by atoms with E-state index in [9.17, 15) is 4.39 Å². The van der Waals surface area contributed by atoms with Crippen molar-refractivity contribution < 1.29 is 4.39 Å². The van der Waals surface area contributed by atoms with Crippen molar-refractivity contribution in [3.63, 3.8) is 0 Å². The molecule has 0 bridgehead atoms. The summed E-state index contributed by atoms with van der Waals surface area (Å²) in [6.07, 6.45) is 5.47. The Labute approximate surface area is 196 Å². The highest BCUT2D eigenvalue weighted by Crippen LogP contribution is 2.54. The first-order chi connectivity index (χ1) is 16.5. The largest absolute Gasteiger partial charge is 0.388 e. The van der Waals surface area contributed by atoms with Crippen LogP contribution in [0.25, 0.3) is 16.6 Å². The number of rotatable bonds is 4. The predicted molar refractivity (Wildman–Crippen MR) is 130 cm³/mol. The Hall–Kier alpha value is -3.52. The number of pyridine rings is 1. The molecule has 2 aliphatic carbocycles. The molecule has 0 amide bonds. The van der Waals surface area contributed by atoms with Gasteiger partial charge in [0.05, 0.1) is 23.3 Å². The van der Waals surface area contributed by atoms with Crippen LogP contribution in [0.5, 0.6) is 0 Å². The summed E-state index contributed by atoms with van der Waals surface area (Å²) < 4.78 is 16.4. The molecule has 3 N–H and O–H groups in total. The SMILES string of the molecule is CNc1cc(F)cc2c1Cc1nc(Cc3cc4ccccn4n3)nc(N3C[C@H](N)C4(CC4)C3)c1-2. The monoisotopic (exact) mass is 455 g/mol. The molecule has 0 radical (unpaired) electrons. The van der Waals surface area contributed by atoms with Gasteiger partial charge < -0.3 is 16.0 Å². The molecule has 1 spiro atoms. The summed E-state index contributed by atoms with van der Waals surface area (Å²) in [5.74, 6) is 1.36. The number of hydrogen-bond donors (Lipinski definition) is 2. The van der Waals surface area contributed by atoms with Gasteiger partial charge in [-0.3, -0.25) is 0 Å². The number of aromatic nitrogens is 4. The summed E-state index contributed by atoms with van der Waals surface area (Å²) in [4.78, 5) is 12.4. The van der Waals surface area contributed by atoms with Gasteiger partial charge in [0.2, 0.25) is 0 Å². The van der Waals surface area contributed by atoms with Crippen molar-refractivity contribution in [2.45, 2.75) is 31.7 Å². The van der Waals surface area contributed by atoms with Crippen molar-refractivity contribution in [2.24, 2.45) is 11.1 Å². The van der Waals surface area contributed by atoms with Crippen LogP contribution in [0.3, 0.4) is 0 Å². The van der Waals surface area contributed by atoms with E-state index < -0.39 is 0 Å². The maximum absolute atomic E-state index is 14.6. The van der Waals surface area contributed by atoms with Gasteiger partial charge in [-0.25, -0.2) is 18.9 Å². The number of hydrogen-bond acceptors (Lipinski definition) is 6. The summed E-state index contributed by atoms with van der Waals surface area (Å²) >= 11 is 0. The van der Waals surface area contributed by atoms with Gasteiger partial charge >= 0.3 is 0 Å². The van der Waals surface area contributed by atoms with Crippen LogP contribution < -0.4 is 16.0 Å². The molecular weight excluding hydrogens is 429 g/mol. The average Bonchev–Trinajstić information content (AvgIpc) is 3.18. The van der Waals surface area contributed by atoms with E-state index in [1.807, 2.05) is 36.0 Å². The minimum Gasteiger partial charge on any atom is -0.388 e. The predicted octanol–water partition coefficient (Wildman–Crippen LogP) is 3.39. The Morgan fingerprint density at radius 3 is 2.85 bits per heavy atom. The molecule has 4 aromatic rings. The Balaban J connectivity index is 1.35. The maximum atomic E-state index is 14.6. The standard InChI is InChI=1S/C26H26FN7/c1-29-20-9-15(27)8-19-18(20)12-21-24(19)25(33-13-22(28)26(14-33)5-6-26)31-23(30-21)11-16-10-17-4-2-3-7-34(17)32-16/h2-4,7-10,22,29H,5-6,11-14,28H2,1H3/t22-/m0/s1. The number of nitrogens with two attached hydrogens (primary N) is 1. The Kier molecular flexibility index (Phi) is 4.09. The number of anilines is 2. The lowest BCUT2D eigenvalue weighted by Gasteiger charge is -2.21. The second kappa shape index (κ2) is 6.99. The van der Waals surface area contributed by atoms with Crippen LogP contribution in [0.4, 0.5) is 15.9 Å². The van der Waals surface area contributed by atoms with Crippen molar-refractivity contribution in [3.8, 4) is 11.1 Å². The molecule has 8 heteroatoms. The van der Waals surface area contributed by atoms with Gasteiger partial charge in [-0.1, -0.05) is 6.07 Å². The molecule has 1 saturated carbocycles. The lowest BCUT2D eigenvalue weighted by Crippen LogP contribution is -2.30. The molecule has 3 aromatic heterocycles. The fourth-order valence-electron chi connectivity index (χ4n) is 5.78. The number of halogens is 1. The number of nitrogens with zero attached hydrogens (tertiary/aromatic N) is 5. The first-order valence-electron chi connectivity index (χ1n) is 11.9. The highest BCUT2D eigenvalue weighted by molar-refractivity contribution is 5.88. The smallest absolute Gasteiger partial charge is 0.140 e. The highest BCUT2D eigenvalue weighted by atomic mass is 19.1. The van der Waals surface area contributed by atoms with Gasteiger partial charge in [-0.15, -0.1) is 0 Å². The van der Waals surface area contributed by atoms with E-state index in [4.69, 9.17) is 20.8 Å². The molecule has 1 aliphatic heterocycles. The summed E-state index contributed by atoms with van der Waals surface area (Å²) in [5.41, 5.74) is 13.4. The van der Waals surface area contributed by atoms with Crippen LogP contribution in [0.15, 0.2) is 42.6 Å². The molecule has 172 valence electrons. The van der Waals surface area contributed by atoms with Crippen LogP contribution >= 0.6 is 0 Å². The molecule has 2 fully saturated rings. The Morgan fingerprint density at radius 2 is 2.09 bits per heavy atom. The molecule has 1 atom stereocenters. The first-order valence-corrected chi connectivity index (χ1v) is 11.9. The topological polar surface area (TPSA) is 84.4 Å². The van der Waals surface area contributed by atoms with E-state index in [2.05, 4.69) is 16.3 Å². The Bertz CT molecular complexity index is 1420. The fraction of sp³-hybridized carbons (Fsp3) is 0.346. The summed E-state index contributed by atoms with van der Waals surface area (Å²) in [6, 6.07) is 11.4. The van der Waals surface area contributed by atoms with Gasteiger partial charge in [-0.2, -0.15) is 5.10 Å². The van der Waals surface area contributed by atoms with Crippen LogP contribution in [0, 0.1) is 11.2 Å². The third kappa shape index (κ3) is 2.94. The molecule has 4 heterocycles. The maximum Gasteiger partial charge on any atom is 0.140 e. The molecular formula is C26H26FN7. The van der Waals surface area contributed by atoms with Crippen LogP contribution in [0.1, 0.15) is 35.6 Å². The normalized spacial score (nSPS) is 19.6. The van der Waals surface area contributed by atoms with E-state index in [1.165, 1.54) is 12.8 Å². The van der Waals surface area contributed by atoms with Crippen LogP contribution in [-0.4, -0.2) is 45.8 Å². The zero-order chi connectivity index (χ0) is 23.0. The van der Waals surface area contributed by atoms with Gasteiger partial charge in [0.15, 0.2) is 0 Å². The van der Waals surface area contributed by atoms with Crippen molar-refractivity contribution in [1.29, 1.82) is 0 Å². The number of fused-ring (bicyclic) bond motifs is 4. The molecule has 0 unspecified atom stereocenters. The number of nitrogens with one attached hydrogen (secondary N) is 1. The second-order valence-electron chi connectivity index (χ2n) is 9.92. The average molecular weight is 456 g/mol. The van der Waals surface area contributed by atoms with Gasteiger partial charge in [-0.05, 0) is 54.3 Å². The second-order valence-corrected chi connectivity index (χ2v) is 9.92. The minimum atomic E-state index is -0.257. The van der Waals surface area contributed by atoms with E-state index >= 15 is 0 Å². The summed E-state index contributed by atoms with van der Waals surface area (Å²) in [6.45, 7) is 1.66. The lowest BCUT2D eigenvalue weighted by molar-refractivity contribution is 0.499. The Morgan fingerprint density at radius 1 is 1.21 bits per heavy atom. The lowest BCUT2D eigenvalue weighted by atomic mass is 10.0. The molecule has 34 heavy (non-hydrogen) atoms. The molecule has 7 nitrogen and oxygen atoms in total. The van der Waals surface area contributed by atoms with Crippen molar-refractivity contribution >= 4 is 17.0 Å².